The van der Waals surface area contributed by atoms with E-state index in [1.165, 1.54) is 12.8 Å². The average molecular weight is 220 g/mol. The number of carbonyl (C=O) groups is 1. The predicted molar refractivity (Wildman–Crippen MR) is 59.2 cm³/mol. The highest BCUT2D eigenvalue weighted by Crippen LogP contribution is 2.36. The van der Waals surface area contributed by atoms with Crippen LogP contribution < -0.4 is 0 Å². The van der Waals surface area contributed by atoms with Gasteiger partial charge in [0.1, 0.15) is 5.69 Å². The van der Waals surface area contributed by atoms with Crippen LogP contribution >= 0.6 is 0 Å². The highest BCUT2D eigenvalue weighted by atomic mass is 16.3. The Kier molecular flexibility index (Phi) is 1.92. The number of amides is 1. The van der Waals surface area contributed by atoms with Gasteiger partial charge in [0.25, 0.3) is 5.91 Å². The number of β-amino-alcohol motifs (C(OH)–C–C–N with tert-alkyl or cyclic N) is 1. The first-order chi connectivity index (χ1) is 7.57. The van der Waals surface area contributed by atoms with E-state index in [1.54, 1.807) is 11.8 Å². The zero-order chi connectivity index (χ0) is 11.3. The Bertz CT molecular complexity index is 424. The normalized spacial score (nSPS) is 23.0. The third-order valence-corrected chi connectivity index (χ3v) is 3.29. The number of aliphatic hydroxyl groups is 1. The Morgan fingerprint density at radius 3 is 2.75 bits per heavy atom. The van der Waals surface area contributed by atoms with Crippen molar-refractivity contribution < 1.29 is 9.90 Å². The summed E-state index contributed by atoms with van der Waals surface area (Å²) in [6, 6.07) is 4.31. The SMILES string of the molecule is CC1(O)CN(C(=O)c2cccn2C2CC2)C1. The molecule has 1 saturated heterocycles. The van der Waals surface area contributed by atoms with Crippen LogP contribution in [0.2, 0.25) is 0 Å². The molecule has 0 bridgehead atoms. The van der Waals surface area contributed by atoms with Crippen LogP contribution in [-0.2, 0) is 0 Å². The van der Waals surface area contributed by atoms with E-state index >= 15 is 0 Å². The summed E-state index contributed by atoms with van der Waals surface area (Å²) in [5.74, 6) is 0.0448. The molecule has 1 aromatic rings. The quantitative estimate of drug-likeness (QED) is 0.809. The van der Waals surface area contributed by atoms with Crippen molar-refractivity contribution in [2.45, 2.75) is 31.4 Å². The van der Waals surface area contributed by atoms with Gasteiger partial charge in [-0.2, -0.15) is 0 Å². The monoisotopic (exact) mass is 220 g/mol. The molecule has 0 atom stereocenters. The van der Waals surface area contributed by atoms with E-state index in [0.717, 1.165) is 5.69 Å². The van der Waals surface area contributed by atoms with Gasteiger partial charge in [0.05, 0.1) is 18.7 Å². The van der Waals surface area contributed by atoms with Crippen molar-refractivity contribution in [3.05, 3.63) is 24.0 Å². The third kappa shape index (κ3) is 1.53. The fourth-order valence-corrected chi connectivity index (χ4v) is 2.33. The number of likely N-dealkylation sites (tertiary alicyclic amines) is 1. The first-order valence-corrected chi connectivity index (χ1v) is 5.75. The molecule has 0 unspecified atom stereocenters. The molecule has 1 amide bonds. The second-order valence-corrected chi connectivity index (χ2v) is 5.19. The number of nitrogens with zero attached hydrogens (tertiary/aromatic N) is 2. The van der Waals surface area contributed by atoms with Crippen LogP contribution in [0.3, 0.4) is 0 Å². The Morgan fingerprint density at radius 1 is 1.50 bits per heavy atom. The van der Waals surface area contributed by atoms with E-state index in [4.69, 9.17) is 0 Å². The zero-order valence-electron chi connectivity index (χ0n) is 9.39. The van der Waals surface area contributed by atoms with Crippen LogP contribution in [0.5, 0.6) is 0 Å². The Morgan fingerprint density at radius 2 is 2.19 bits per heavy atom. The standard InChI is InChI=1S/C12H16N2O2/c1-12(16)7-13(8-12)11(15)10-3-2-6-14(10)9-4-5-9/h2-3,6,9,16H,4-5,7-8H2,1H3. The summed E-state index contributed by atoms with van der Waals surface area (Å²) >= 11 is 0. The van der Waals surface area contributed by atoms with Crippen molar-refractivity contribution in [3.63, 3.8) is 0 Å². The van der Waals surface area contributed by atoms with Crippen LogP contribution in [0.1, 0.15) is 36.3 Å². The lowest BCUT2D eigenvalue weighted by molar-refractivity contribution is -0.0672. The molecule has 16 heavy (non-hydrogen) atoms. The van der Waals surface area contributed by atoms with Gasteiger partial charge in [0.2, 0.25) is 0 Å². The summed E-state index contributed by atoms with van der Waals surface area (Å²) in [4.78, 5) is 13.8. The van der Waals surface area contributed by atoms with E-state index in [2.05, 4.69) is 4.57 Å². The van der Waals surface area contributed by atoms with Crippen LogP contribution in [0, 0.1) is 0 Å². The molecule has 0 radical (unpaired) electrons. The first kappa shape index (κ1) is 9.90. The van der Waals surface area contributed by atoms with Crippen LogP contribution in [0.15, 0.2) is 18.3 Å². The molecule has 2 fully saturated rings. The molecule has 0 spiro atoms. The summed E-state index contributed by atoms with van der Waals surface area (Å²) in [5, 5.41) is 9.62. The van der Waals surface area contributed by atoms with E-state index in [-0.39, 0.29) is 5.91 Å². The van der Waals surface area contributed by atoms with Crippen molar-refractivity contribution in [1.82, 2.24) is 9.47 Å². The molecule has 3 rings (SSSR count). The van der Waals surface area contributed by atoms with Crippen molar-refractivity contribution in [2.75, 3.05) is 13.1 Å². The largest absolute Gasteiger partial charge is 0.386 e. The highest BCUT2D eigenvalue weighted by Gasteiger charge is 2.41. The molecule has 4 heteroatoms. The molecule has 1 aliphatic carbocycles. The van der Waals surface area contributed by atoms with Gasteiger partial charge in [-0.05, 0) is 31.9 Å². The molecule has 2 aliphatic rings. The second-order valence-electron chi connectivity index (χ2n) is 5.19. The van der Waals surface area contributed by atoms with Crippen molar-refractivity contribution >= 4 is 5.91 Å². The fourth-order valence-electron chi connectivity index (χ4n) is 2.33. The van der Waals surface area contributed by atoms with Gasteiger partial charge in [-0.25, -0.2) is 0 Å². The molecular weight excluding hydrogens is 204 g/mol. The maximum Gasteiger partial charge on any atom is 0.270 e. The van der Waals surface area contributed by atoms with E-state index in [9.17, 15) is 9.90 Å². The number of carbonyl (C=O) groups excluding carboxylic acids is 1. The lowest BCUT2D eigenvalue weighted by Crippen LogP contribution is -2.61. The number of aromatic nitrogens is 1. The molecule has 0 aromatic carbocycles. The first-order valence-electron chi connectivity index (χ1n) is 5.75. The van der Waals surface area contributed by atoms with Gasteiger partial charge in [-0.3, -0.25) is 4.79 Å². The molecule has 86 valence electrons. The minimum absolute atomic E-state index is 0.0448. The van der Waals surface area contributed by atoms with Gasteiger partial charge >= 0.3 is 0 Å². The van der Waals surface area contributed by atoms with Crippen LogP contribution in [0.4, 0.5) is 0 Å². The zero-order valence-corrected chi connectivity index (χ0v) is 9.39. The van der Waals surface area contributed by atoms with Gasteiger partial charge in [-0.1, -0.05) is 0 Å². The molecule has 1 saturated carbocycles. The molecule has 1 aromatic heterocycles. The summed E-state index contributed by atoms with van der Waals surface area (Å²) in [6.07, 6.45) is 4.32. The lowest BCUT2D eigenvalue weighted by Gasteiger charge is -2.44. The predicted octanol–water partition coefficient (Wildman–Crippen LogP) is 1.03. The Hall–Kier alpha value is -1.29. The topological polar surface area (TPSA) is 45.5 Å². The minimum atomic E-state index is -0.688. The Balaban J connectivity index is 1.77. The summed E-state index contributed by atoms with van der Waals surface area (Å²) in [6.45, 7) is 2.65. The van der Waals surface area contributed by atoms with Gasteiger partial charge in [-0.15, -0.1) is 0 Å². The maximum absolute atomic E-state index is 12.1. The summed E-state index contributed by atoms with van der Waals surface area (Å²) in [7, 11) is 0. The molecular formula is C12H16N2O2. The number of rotatable bonds is 2. The van der Waals surface area contributed by atoms with E-state index in [1.807, 2.05) is 18.3 Å². The summed E-state index contributed by atoms with van der Waals surface area (Å²) in [5.41, 5.74) is 0.0742. The fraction of sp³-hybridized carbons (Fsp3) is 0.583. The van der Waals surface area contributed by atoms with Crippen molar-refractivity contribution in [3.8, 4) is 0 Å². The molecule has 1 aliphatic heterocycles. The molecule has 1 N–H and O–H groups in total. The smallest absolute Gasteiger partial charge is 0.270 e. The van der Waals surface area contributed by atoms with Crippen molar-refractivity contribution in [1.29, 1.82) is 0 Å². The van der Waals surface area contributed by atoms with Crippen LogP contribution in [-0.4, -0.2) is 39.2 Å². The van der Waals surface area contributed by atoms with E-state index in [0.29, 0.717) is 19.1 Å². The van der Waals surface area contributed by atoms with Gasteiger partial charge < -0.3 is 14.6 Å². The lowest BCUT2D eigenvalue weighted by atomic mass is 9.96. The average Bonchev–Trinajstić information content (AvgIpc) is 2.92. The summed E-state index contributed by atoms with van der Waals surface area (Å²) < 4.78 is 2.06. The number of hydrogen-bond acceptors (Lipinski definition) is 2. The molecule has 4 nitrogen and oxygen atoms in total. The van der Waals surface area contributed by atoms with Gasteiger partial charge in [0.15, 0.2) is 0 Å². The number of hydrogen-bond donors (Lipinski definition) is 1. The Labute approximate surface area is 94.5 Å². The second kappa shape index (κ2) is 3.10. The minimum Gasteiger partial charge on any atom is -0.386 e. The third-order valence-electron chi connectivity index (χ3n) is 3.29. The molecule has 2 heterocycles. The highest BCUT2D eigenvalue weighted by molar-refractivity contribution is 5.93. The van der Waals surface area contributed by atoms with Gasteiger partial charge in [0, 0.05) is 12.2 Å². The van der Waals surface area contributed by atoms with E-state index < -0.39 is 5.60 Å². The van der Waals surface area contributed by atoms with Crippen molar-refractivity contribution in [2.24, 2.45) is 0 Å². The van der Waals surface area contributed by atoms with Crippen LogP contribution in [0.25, 0.3) is 0 Å². The maximum atomic E-state index is 12.1.